The highest BCUT2D eigenvalue weighted by atomic mass is 32.2. The lowest BCUT2D eigenvalue weighted by molar-refractivity contribution is -0.143. The van der Waals surface area contributed by atoms with E-state index in [0.29, 0.717) is 106 Å². The number of rotatable bonds is 17. The number of aliphatic imine (C=N–C) groups is 1. The van der Waals surface area contributed by atoms with Gasteiger partial charge in [-0.2, -0.15) is 0 Å². The topological polar surface area (TPSA) is 254 Å². The van der Waals surface area contributed by atoms with Gasteiger partial charge in [-0.05, 0) is 143 Å². The summed E-state index contributed by atoms with van der Waals surface area (Å²) in [6.07, 6.45) is 8.34. The number of sulfone groups is 1. The highest BCUT2D eigenvalue weighted by Gasteiger charge is 2.44. The standard InChI is InChI=1S/C70H83N13O9S/c1-43-38-71-62(44(43)2)78-63-54-36-60(93(89,90)70(4,5)6)59(37-57(54)74-42-75-63)91-35-34-80-30-32-82(33-31-80)68-72-39-48(40-73-68)66(86)81-28-25-47(26-29-81)61(67(87)83-27-15-24-58(83)65(85)76-56-23-14-17-46-16-8-9-18-49(46)56)77-64(84)45(3)79(7)69(88)92-41-55-52-21-12-10-19-50(52)51-20-11-13-22-53(51)55/h8-13,16,18-22,36-37,39-40,42,45,47,55-56,58,61H,14-15,17,23-35,38,41H2,1-7H3,(H,76,85)(H,77,84)(H,71,74,75,78)/t45-,56+,58-,61-/m0/s1. The van der Waals surface area contributed by atoms with E-state index in [1.165, 1.54) is 23.8 Å². The maximum atomic E-state index is 15.1. The van der Waals surface area contributed by atoms with Gasteiger partial charge in [0.2, 0.25) is 23.7 Å². The van der Waals surface area contributed by atoms with Crippen molar-refractivity contribution in [3.8, 4) is 16.9 Å². The summed E-state index contributed by atoms with van der Waals surface area (Å²) in [4.78, 5) is 104. The molecule has 23 heteroatoms. The second-order valence-electron chi connectivity index (χ2n) is 26.3. The summed E-state index contributed by atoms with van der Waals surface area (Å²) in [7, 11) is -2.36. The van der Waals surface area contributed by atoms with Gasteiger partial charge in [-0.25, -0.2) is 33.1 Å². The molecular formula is C70H83N13O9S. The van der Waals surface area contributed by atoms with Crippen molar-refractivity contribution in [3.63, 3.8) is 0 Å². The third-order valence-corrected chi connectivity index (χ3v) is 22.2. The van der Waals surface area contributed by atoms with E-state index in [2.05, 4.69) is 74.9 Å². The third kappa shape index (κ3) is 13.3. The number of amidine groups is 1. The number of anilines is 2. The van der Waals surface area contributed by atoms with Crippen LogP contribution in [-0.4, -0.2) is 186 Å². The van der Waals surface area contributed by atoms with Crippen LogP contribution in [-0.2, 0) is 35.4 Å². The summed E-state index contributed by atoms with van der Waals surface area (Å²) in [6.45, 7) is 15.5. The van der Waals surface area contributed by atoms with Crippen LogP contribution in [0.2, 0.25) is 0 Å². The number of nitrogens with one attached hydrogen (secondary N) is 3. The van der Waals surface area contributed by atoms with Gasteiger partial charge < -0.3 is 40.1 Å². The summed E-state index contributed by atoms with van der Waals surface area (Å²) in [5, 5.41) is 10.2. The van der Waals surface area contributed by atoms with Gasteiger partial charge in [0.15, 0.2) is 9.84 Å². The number of piperidine rings is 1. The quantitative estimate of drug-likeness (QED) is 0.0779. The van der Waals surface area contributed by atoms with Crippen molar-refractivity contribution >= 4 is 68.1 Å². The molecule has 93 heavy (non-hydrogen) atoms. The Labute approximate surface area is 543 Å². The number of hydrogen-bond acceptors (Lipinski definition) is 17. The summed E-state index contributed by atoms with van der Waals surface area (Å²) >= 11 is 0. The highest BCUT2D eigenvalue weighted by molar-refractivity contribution is 7.92. The Balaban J connectivity index is 0.668. The molecule has 0 spiro atoms. The van der Waals surface area contributed by atoms with Gasteiger partial charge in [-0.1, -0.05) is 72.8 Å². The van der Waals surface area contributed by atoms with Gasteiger partial charge in [-0.3, -0.25) is 34.0 Å². The Morgan fingerprint density at radius 2 is 1.46 bits per heavy atom. The number of ether oxygens (including phenoxy) is 2. The molecule has 488 valence electrons. The number of aryl methyl sites for hydroxylation is 1. The summed E-state index contributed by atoms with van der Waals surface area (Å²) < 4.78 is 39.4. The first-order chi connectivity index (χ1) is 44.7. The molecule has 6 aliphatic rings. The number of likely N-dealkylation sites (N-methyl/N-ethyl adjacent to an activating group) is 1. The molecule has 2 aliphatic carbocycles. The zero-order valence-corrected chi connectivity index (χ0v) is 54.9. The number of nitrogens with zero attached hydrogens (tertiary/aromatic N) is 10. The van der Waals surface area contributed by atoms with E-state index in [4.69, 9.17) is 9.47 Å². The number of amides is 5. The summed E-state index contributed by atoms with van der Waals surface area (Å²) in [6, 6.07) is 24.5. The molecule has 12 rings (SSSR count). The molecule has 4 aliphatic heterocycles. The second-order valence-corrected chi connectivity index (χ2v) is 29.0. The van der Waals surface area contributed by atoms with E-state index in [1.807, 2.05) is 62.4 Å². The molecule has 0 saturated carbocycles. The summed E-state index contributed by atoms with van der Waals surface area (Å²) in [5.74, 6) is -0.134. The molecule has 3 N–H and O–H groups in total. The minimum Gasteiger partial charge on any atom is -0.491 e. The number of piperazine rings is 1. The van der Waals surface area contributed by atoms with Crippen molar-refractivity contribution < 1.29 is 41.9 Å². The predicted octanol–water partition coefficient (Wildman–Crippen LogP) is 8.14. The molecule has 4 atom stereocenters. The average molecular weight is 1280 g/mol. The van der Waals surface area contributed by atoms with E-state index in [-0.39, 0.29) is 66.6 Å². The number of fused-ring (bicyclic) bond motifs is 5. The molecule has 0 radical (unpaired) electrons. The smallest absolute Gasteiger partial charge is 0.410 e. The van der Waals surface area contributed by atoms with Crippen LogP contribution in [0.3, 0.4) is 0 Å². The second kappa shape index (κ2) is 27.0. The molecule has 2 aromatic heterocycles. The molecular weight excluding hydrogens is 1200 g/mol. The SMILES string of the molecule is CC1=C(C)C(Nc2ncnc3cc(OCCN4CCN(c5ncc(C(=O)N6CCC([C@H](NC(=O)[C@H](C)N(C)C(=O)OCC7c8ccccc8-c8ccccc87)C(=O)N7CCC[C@H]7C(=O)N[C@@H]7CCCc8ccccc87)CC6)cn5)CC4)c(S(=O)(=O)C(C)(C)C)cc23)=NC1. The van der Waals surface area contributed by atoms with Crippen molar-refractivity contribution in [2.45, 2.75) is 126 Å². The fraction of sp³-hybridized carbons (Fsp3) is 0.457. The number of hydrogen-bond donors (Lipinski definition) is 3. The molecule has 4 aromatic carbocycles. The minimum absolute atomic E-state index is 0.0634. The minimum atomic E-state index is -3.87. The lowest BCUT2D eigenvalue weighted by Gasteiger charge is -2.39. The molecule has 3 saturated heterocycles. The molecule has 6 aromatic rings. The van der Waals surface area contributed by atoms with Crippen molar-refractivity contribution in [1.29, 1.82) is 0 Å². The van der Waals surface area contributed by atoms with Crippen LogP contribution in [0.25, 0.3) is 22.0 Å². The van der Waals surface area contributed by atoms with Crippen LogP contribution in [0, 0.1) is 5.92 Å². The normalized spacial score (nSPS) is 19.3. The Hall–Kier alpha value is -8.83. The Kier molecular flexibility index (Phi) is 18.7. The third-order valence-electron chi connectivity index (χ3n) is 19.7. The first-order valence-electron chi connectivity index (χ1n) is 32.5. The van der Waals surface area contributed by atoms with Crippen LogP contribution in [0.15, 0.2) is 125 Å². The maximum absolute atomic E-state index is 15.1. The highest BCUT2D eigenvalue weighted by Crippen LogP contribution is 2.45. The van der Waals surface area contributed by atoms with Crippen LogP contribution < -0.4 is 25.6 Å². The van der Waals surface area contributed by atoms with E-state index in [9.17, 15) is 27.6 Å². The van der Waals surface area contributed by atoms with Gasteiger partial charge in [-0.15, -0.1) is 0 Å². The molecule has 3 fully saturated rings. The number of carbonyl (C=O) groups excluding carboxylic acids is 5. The zero-order chi connectivity index (χ0) is 65.3. The van der Waals surface area contributed by atoms with Gasteiger partial charge in [0.05, 0.1) is 28.4 Å². The van der Waals surface area contributed by atoms with Crippen molar-refractivity contribution in [2.24, 2.45) is 10.9 Å². The predicted molar refractivity (Wildman–Crippen MR) is 355 cm³/mol. The number of carbonyl (C=O) groups is 5. The van der Waals surface area contributed by atoms with Gasteiger partial charge in [0.1, 0.15) is 60.0 Å². The Morgan fingerprint density at radius 3 is 2.14 bits per heavy atom. The maximum Gasteiger partial charge on any atom is 0.410 e. The lowest BCUT2D eigenvalue weighted by Crippen LogP contribution is -2.59. The average Bonchev–Trinajstić information content (AvgIpc) is 1.71. The van der Waals surface area contributed by atoms with Gasteiger partial charge in [0, 0.05) is 89.2 Å². The molecule has 5 amide bonds. The van der Waals surface area contributed by atoms with Crippen LogP contribution in [0.1, 0.15) is 125 Å². The van der Waals surface area contributed by atoms with Gasteiger partial charge in [0.25, 0.3) is 5.91 Å². The monoisotopic (exact) mass is 1280 g/mol. The first kappa shape index (κ1) is 64.3. The van der Waals surface area contributed by atoms with Crippen molar-refractivity contribution in [2.75, 3.05) is 89.4 Å². The van der Waals surface area contributed by atoms with Gasteiger partial charge >= 0.3 is 6.09 Å². The fourth-order valence-electron chi connectivity index (χ4n) is 13.7. The summed E-state index contributed by atoms with van der Waals surface area (Å²) in [5.41, 5.74) is 9.63. The Bertz CT molecular complexity index is 3980. The first-order valence-corrected chi connectivity index (χ1v) is 34.0. The van der Waals surface area contributed by atoms with Crippen LogP contribution in [0.4, 0.5) is 16.6 Å². The van der Waals surface area contributed by atoms with Crippen LogP contribution >= 0.6 is 0 Å². The molecule has 6 heterocycles. The van der Waals surface area contributed by atoms with Crippen LogP contribution in [0.5, 0.6) is 5.75 Å². The number of likely N-dealkylation sites (tertiary alicyclic amines) is 2. The fourth-order valence-corrected chi connectivity index (χ4v) is 15.0. The molecule has 22 nitrogen and oxygen atoms in total. The van der Waals surface area contributed by atoms with E-state index < -0.39 is 50.6 Å². The number of benzene rings is 4. The Morgan fingerprint density at radius 1 is 0.785 bits per heavy atom. The largest absolute Gasteiger partial charge is 0.491 e. The zero-order valence-electron chi connectivity index (χ0n) is 54.1. The van der Waals surface area contributed by atoms with E-state index >= 15 is 4.79 Å². The lowest BCUT2D eigenvalue weighted by atomic mass is 9.87. The molecule has 0 unspecified atom stereocenters. The number of aromatic nitrogens is 4. The van der Waals surface area contributed by atoms with Crippen molar-refractivity contribution in [3.05, 3.63) is 143 Å². The van der Waals surface area contributed by atoms with E-state index in [0.717, 1.165) is 58.2 Å². The molecule has 0 bridgehead atoms. The van der Waals surface area contributed by atoms with E-state index in [1.54, 1.807) is 62.0 Å². The van der Waals surface area contributed by atoms with Crippen molar-refractivity contribution in [1.82, 2.24) is 50.2 Å².